The van der Waals surface area contributed by atoms with Gasteiger partial charge in [0.25, 0.3) is 0 Å². The third kappa shape index (κ3) is 4.00. The summed E-state index contributed by atoms with van der Waals surface area (Å²) in [5, 5.41) is 7.98. The molecule has 2 heterocycles. The van der Waals surface area contributed by atoms with Crippen molar-refractivity contribution in [3.8, 4) is 0 Å². The molecule has 1 aromatic carbocycles. The molecule has 0 amide bonds. The molecule has 1 aromatic heterocycles. The van der Waals surface area contributed by atoms with E-state index >= 15 is 0 Å². The molecule has 6 nitrogen and oxygen atoms in total. The zero-order valence-corrected chi connectivity index (χ0v) is 16.6. The van der Waals surface area contributed by atoms with Crippen LogP contribution in [-0.2, 0) is 23.6 Å². The van der Waals surface area contributed by atoms with E-state index in [9.17, 15) is 8.42 Å². The number of aryl methyl sites for hydroxylation is 2. The quantitative estimate of drug-likeness (QED) is 0.839. The normalized spacial score (nSPS) is 16.9. The van der Waals surface area contributed by atoms with Crippen molar-refractivity contribution in [3.05, 3.63) is 47.3 Å². The lowest BCUT2D eigenvalue weighted by Gasteiger charge is -2.31. The zero-order valence-electron chi connectivity index (χ0n) is 15.8. The molecule has 1 aliphatic heterocycles. The molecular weight excluding hydrogens is 348 g/mol. The van der Waals surface area contributed by atoms with E-state index in [0.717, 1.165) is 31.6 Å². The lowest BCUT2D eigenvalue weighted by molar-refractivity contribution is 0.267. The second kappa shape index (κ2) is 7.90. The third-order valence-electron chi connectivity index (χ3n) is 5.35. The van der Waals surface area contributed by atoms with Crippen LogP contribution in [0.2, 0.25) is 0 Å². The van der Waals surface area contributed by atoms with Gasteiger partial charge in [-0.25, -0.2) is 8.42 Å². The molecule has 7 heteroatoms. The van der Waals surface area contributed by atoms with Crippen LogP contribution in [0.5, 0.6) is 0 Å². The Kier molecular flexibility index (Phi) is 5.79. The summed E-state index contributed by atoms with van der Waals surface area (Å²) in [6.45, 7) is 7.03. The topological polar surface area (TPSA) is 67.2 Å². The van der Waals surface area contributed by atoms with Crippen LogP contribution < -0.4 is 5.32 Å². The molecule has 3 rings (SSSR count). The molecule has 0 saturated carbocycles. The highest BCUT2D eigenvalue weighted by atomic mass is 32.2. The van der Waals surface area contributed by atoms with Gasteiger partial charge in [0.15, 0.2) is 0 Å². The number of benzene rings is 1. The van der Waals surface area contributed by atoms with Crippen LogP contribution in [0.25, 0.3) is 0 Å². The summed E-state index contributed by atoms with van der Waals surface area (Å²) in [5.74, 6) is 0.509. The fourth-order valence-corrected chi connectivity index (χ4v) is 5.06. The average molecular weight is 377 g/mol. The van der Waals surface area contributed by atoms with E-state index in [4.69, 9.17) is 0 Å². The molecule has 1 N–H and O–H groups in total. The van der Waals surface area contributed by atoms with Gasteiger partial charge in [-0.1, -0.05) is 18.2 Å². The number of hydrogen-bond acceptors (Lipinski definition) is 4. The van der Waals surface area contributed by atoms with Gasteiger partial charge < -0.3 is 5.32 Å². The Hall–Kier alpha value is -1.70. The van der Waals surface area contributed by atoms with Crippen LogP contribution in [-0.4, -0.2) is 42.1 Å². The minimum Gasteiger partial charge on any atom is -0.312 e. The number of rotatable bonds is 6. The van der Waals surface area contributed by atoms with Crippen LogP contribution in [0.15, 0.2) is 35.2 Å². The summed E-state index contributed by atoms with van der Waals surface area (Å²) >= 11 is 0. The Labute approximate surface area is 156 Å². The monoisotopic (exact) mass is 376 g/mol. The first-order valence-electron chi connectivity index (χ1n) is 9.14. The molecule has 1 aliphatic rings. The predicted molar refractivity (Wildman–Crippen MR) is 102 cm³/mol. The maximum atomic E-state index is 12.7. The van der Waals surface area contributed by atoms with Crippen molar-refractivity contribution in [3.63, 3.8) is 0 Å². The number of hydrogen-bond donors (Lipinski definition) is 1. The second-order valence-corrected chi connectivity index (χ2v) is 9.00. The predicted octanol–water partition coefficient (Wildman–Crippen LogP) is 2.23. The van der Waals surface area contributed by atoms with Gasteiger partial charge in [0.2, 0.25) is 10.0 Å². The van der Waals surface area contributed by atoms with Crippen molar-refractivity contribution in [1.82, 2.24) is 19.4 Å². The van der Waals surface area contributed by atoms with E-state index in [-0.39, 0.29) is 0 Å². The Morgan fingerprint density at radius 2 is 1.81 bits per heavy atom. The molecule has 0 unspecified atom stereocenters. The van der Waals surface area contributed by atoms with Crippen molar-refractivity contribution in [2.24, 2.45) is 13.0 Å². The first kappa shape index (κ1) is 19.1. The maximum absolute atomic E-state index is 12.7. The minimum atomic E-state index is -3.36. The third-order valence-corrected chi connectivity index (χ3v) is 7.26. The molecule has 142 valence electrons. The Morgan fingerprint density at radius 3 is 2.38 bits per heavy atom. The van der Waals surface area contributed by atoms with Crippen molar-refractivity contribution in [2.75, 3.05) is 19.6 Å². The van der Waals surface area contributed by atoms with Gasteiger partial charge in [-0.3, -0.25) is 4.68 Å². The fraction of sp³-hybridized carbons (Fsp3) is 0.526. The maximum Gasteiger partial charge on any atom is 0.243 e. The van der Waals surface area contributed by atoms with E-state index in [2.05, 4.69) is 17.3 Å². The van der Waals surface area contributed by atoms with E-state index in [1.165, 1.54) is 11.3 Å². The van der Waals surface area contributed by atoms with Gasteiger partial charge in [0.05, 0.1) is 10.6 Å². The number of nitrogens with one attached hydrogen (secondary N) is 1. The smallest absolute Gasteiger partial charge is 0.243 e. The standard InChI is InChI=1S/C19H28N4O2S/c1-15-19(16(2)22(3)21-15)14-20-13-17-9-11-23(12-10-17)26(24,25)18-7-5-4-6-8-18/h4-8,17,20H,9-14H2,1-3H3. The summed E-state index contributed by atoms with van der Waals surface area (Å²) in [4.78, 5) is 0.388. The SMILES string of the molecule is Cc1nn(C)c(C)c1CNCC1CCN(S(=O)(=O)c2ccccc2)CC1. The first-order valence-corrected chi connectivity index (χ1v) is 10.6. The fourth-order valence-electron chi connectivity index (χ4n) is 3.57. The molecule has 1 fully saturated rings. The number of aromatic nitrogens is 2. The lowest BCUT2D eigenvalue weighted by atomic mass is 9.98. The molecule has 1 saturated heterocycles. The molecule has 0 spiro atoms. The van der Waals surface area contributed by atoms with Gasteiger partial charge in [0, 0.05) is 37.9 Å². The summed E-state index contributed by atoms with van der Waals surface area (Å²) in [6, 6.07) is 8.71. The number of piperidine rings is 1. The van der Waals surface area contributed by atoms with Crippen molar-refractivity contribution in [1.29, 1.82) is 0 Å². The molecule has 26 heavy (non-hydrogen) atoms. The molecule has 0 atom stereocenters. The van der Waals surface area contributed by atoms with Crippen molar-refractivity contribution < 1.29 is 8.42 Å². The number of sulfonamides is 1. The summed E-state index contributed by atoms with van der Waals surface area (Å²) in [5.41, 5.74) is 3.52. The van der Waals surface area contributed by atoms with Crippen molar-refractivity contribution in [2.45, 2.75) is 38.1 Å². The molecular formula is C19H28N4O2S. The average Bonchev–Trinajstić information content (AvgIpc) is 2.89. The minimum absolute atomic E-state index is 0.388. The van der Waals surface area contributed by atoms with Crippen LogP contribution in [0.3, 0.4) is 0 Å². The molecule has 0 aliphatic carbocycles. The van der Waals surface area contributed by atoms with Gasteiger partial charge in [0.1, 0.15) is 0 Å². The zero-order chi connectivity index (χ0) is 18.7. The highest BCUT2D eigenvalue weighted by molar-refractivity contribution is 7.89. The van der Waals surface area contributed by atoms with E-state index < -0.39 is 10.0 Å². The largest absolute Gasteiger partial charge is 0.312 e. The first-order chi connectivity index (χ1) is 12.4. The van der Waals surface area contributed by atoms with Crippen LogP contribution in [0.4, 0.5) is 0 Å². The van der Waals surface area contributed by atoms with Crippen LogP contribution in [0.1, 0.15) is 29.8 Å². The van der Waals surface area contributed by atoms with Crippen molar-refractivity contribution >= 4 is 10.0 Å². The second-order valence-electron chi connectivity index (χ2n) is 7.06. The Balaban J connectivity index is 1.50. The number of nitrogens with zero attached hydrogens (tertiary/aromatic N) is 3. The van der Waals surface area contributed by atoms with Crippen LogP contribution >= 0.6 is 0 Å². The Morgan fingerprint density at radius 1 is 1.15 bits per heavy atom. The highest BCUT2D eigenvalue weighted by Crippen LogP contribution is 2.23. The molecule has 2 aromatic rings. The Bertz CT molecular complexity index is 838. The molecule has 0 bridgehead atoms. The summed E-state index contributed by atoms with van der Waals surface area (Å²) in [7, 11) is -1.39. The van der Waals surface area contributed by atoms with Gasteiger partial charge in [-0.15, -0.1) is 0 Å². The van der Waals surface area contributed by atoms with E-state index in [0.29, 0.717) is 23.9 Å². The summed E-state index contributed by atoms with van der Waals surface area (Å²) < 4.78 is 28.9. The summed E-state index contributed by atoms with van der Waals surface area (Å²) in [6.07, 6.45) is 1.79. The lowest BCUT2D eigenvalue weighted by Crippen LogP contribution is -2.40. The van der Waals surface area contributed by atoms with Gasteiger partial charge >= 0.3 is 0 Å². The van der Waals surface area contributed by atoms with E-state index in [1.807, 2.05) is 24.7 Å². The van der Waals surface area contributed by atoms with E-state index in [1.54, 1.807) is 28.6 Å². The molecule has 0 radical (unpaired) electrons. The van der Waals surface area contributed by atoms with Gasteiger partial charge in [-0.2, -0.15) is 9.40 Å². The van der Waals surface area contributed by atoms with Gasteiger partial charge in [-0.05, 0) is 51.3 Å². The van der Waals surface area contributed by atoms with Crippen LogP contribution in [0, 0.1) is 19.8 Å². The highest BCUT2D eigenvalue weighted by Gasteiger charge is 2.29.